The first kappa shape index (κ1) is 18.6. The maximum atomic E-state index is 13.1. The highest BCUT2D eigenvalue weighted by molar-refractivity contribution is 7.10. The minimum Gasteiger partial charge on any atom is -0.382 e. The number of carbonyl (C=O) groups is 2. The van der Waals surface area contributed by atoms with Gasteiger partial charge in [0.15, 0.2) is 0 Å². The van der Waals surface area contributed by atoms with Crippen molar-refractivity contribution in [2.24, 2.45) is 0 Å². The summed E-state index contributed by atoms with van der Waals surface area (Å²) in [4.78, 5) is 28.6. The zero-order chi connectivity index (χ0) is 18.5. The molecule has 0 saturated heterocycles. The lowest BCUT2D eigenvalue weighted by Crippen LogP contribution is -2.45. The summed E-state index contributed by atoms with van der Waals surface area (Å²) in [5.74, 6) is -0.509. The van der Waals surface area contributed by atoms with Crippen LogP contribution in [0.1, 0.15) is 46.1 Å². The number of likely N-dealkylation sites (N-methyl/N-ethyl adjacent to an activating group) is 1. The third-order valence-electron chi connectivity index (χ3n) is 4.67. The number of hydrogen-bond donors (Lipinski definition) is 1. The molecule has 3 rings (SSSR count). The Morgan fingerprint density at radius 3 is 2.81 bits per heavy atom. The van der Waals surface area contributed by atoms with Gasteiger partial charge in [0.05, 0.1) is 12.0 Å². The van der Waals surface area contributed by atoms with Gasteiger partial charge in [-0.25, -0.2) is 0 Å². The van der Waals surface area contributed by atoms with E-state index >= 15 is 0 Å². The van der Waals surface area contributed by atoms with Crippen molar-refractivity contribution in [1.82, 2.24) is 10.2 Å². The third-order valence-corrected chi connectivity index (χ3v) is 5.61. The van der Waals surface area contributed by atoms with E-state index in [1.54, 1.807) is 29.4 Å². The van der Waals surface area contributed by atoms with Crippen LogP contribution < -0.4 is 5.32 Å². The fourth-order valence-corrected chi connectivity index (χ4v) is 4.32. The molecule has 0 radical (unpaired) electrons. The average molecular weight is 372 g/mol. The topological polar surface area (TPSA) is 58.6 Å². The standard InChI is InChI=1S/C20H24N2O3S/c1-3-25-12-7-11-21-19(23)17-14-8-4-5-9-15(14)20(24)22(2)18(17)16-10-6-13-26-16/h4-6,8-10,13,17-18H,3,7,11-12H2,1-2H3,(H,21,23)/t17-,18-/m1/s1. The van der Waals surface area contributed by atoms with Gasteiger partial charge >= 0.3 is 0 Å². The van der Waals surface area contributed by atoms with Crippen LogP contribution in [0.25, 0.3) is 0 Å². The molecule has 2 atom stereocenters. The average Bonchev–Trinajstić information content (AvgIpc) is 3.18. The Balaban J connectivity index is 1.88. The third kappa shape index (κ3) is 3.66. The van der Waals surface area contributed by atoms with Crippen molar-refractivity contribution in [2.45, 2.75) is 25.3 Å². The SMILES string of the molecule is CCOCCCNC(=O)[C@@H]1c2ccccc2C(=O)N(C)[C@@H]1c1cccs1. The number of hydrogen-bond acceptors (Lipinski definition) is 4. The van der Waals surface area contributed by atoms with Crippen LogP contribution in [0.5, 0.6) is 0 Å². The Morgan fingerprint density at radius 2 is 2.08 bits per heavy atom. The van der Waals surface area contributed by atoms with Gasteiger partial charge in [0, 0.05) is 37.2 Å². The summed E-state index contributed by atoms with van der Waals surface area (Å²) in [6.07, 6.45) is 0.770. The van der Waals surface area contributed by atoms with Crippen molar-refractivity contribution in [2.75, 3.05) is 26.8 Å². The maximum Gasteiger partial charge on any atom is 0.254 e. The summed E-state index contributed by atoms with van der Waals surface area (Å²) in [5, 5.41) is 5.00. The number of amides is 2. The van der Waals surface area contributed by atoms with E-state index in [-0.39, 0.29) is 17.9 Å². The molecule has 0 saturated carbocycles. The summed E-state index contributed by atoms with van der Waals surface area (Å²) < 4.78 is 5.33. The second-order valence-corrected chi connectivity index (χ2v) is 7.26. The number of benzene rings is 1. The smallest absolute Gasteiger partial charge is 0.254 e. The molecule has 1 aliphatic heterocycles. The van der Waals surface area contributed by atoms with E-state index in [9.17, 15) is 9.59 Å². The Morgan fingerprint density at radius 1 is 1.27 bits per heavy atom. The lowest BCUT2D eigenvalue weighted by atomic mass is 9.81. The van der Waals surface area contributed by atoms with Gasteiger partial charge in [-0.2, -0.15) is 0 Å². The highest BCUT2D eigenvalue weighted by Crippen LogP contribution is 2.43. The van der Waals surface area contributed by atoms with Crippen LogP contribution in [-0.4, -0.2) is 43.5 Å². The molecule has 6 heteroatoms. The van der Waals surface area contributed by atoms with Crippen LogP contribution in [-0.2, 0) is 9.53 Å². The molecular formula is C20H24N2O3S. The highest BCUT2D eigenvalue weighted by Gasteiger charge is 2.42. The number of carbonyl (C=O) groups excluding carboxylic acids is 2. The molecule has 0 fully saturated rings. The molecule has 0 spiro atoms. The molecule has 138 valence electrons. The first-order valence-electron chi connectivity index (χ1n) is 8.90. The largest absolute Gasteiger partial charge is 0.382 e. The molecule has 5 nitrogen and oxygen atoms in total. The molecule has 1 aliphatic rings. The molecular weight excluding hydrogens is 348 g/mol. The predicted octanol–water partition coefficient (Wildman–Crippen LogP) is 3.20. The fraction of sp³-hybridized carbons (Fsp3) is 0.400. The summed E-state index contributed by atoms with van der Waals surface area (Å²) in [5.41, 5.74) is 1.41. The van der Waals surface area contributed by atoms with E-state index in [1.165, 1.54) is 0 Å². The van der Waals surface area contributed by atoms with E-state index in [0.29, 0.717) is 25.3 Å². The van der Waals surface area contributed by atoms with Gasteiger partial charge in [0.1, 0.15) is 0 Å². The lowest BCUT2D eigenvalue weighted by molar-refractivity contribution is -0.124. The molecule has 1 N–H and O–H groups in total. The number of rotatable bonds is 7. The first-order chi connectivity index (χ1) is 12.6. The highest BCUT2D eigenvalue weighted by atomic mass is 32.1. The normalized spacial score (nSPS) is 19.3. The van der Waals surface area contributed by atoms with Crippen LogP contribution in [0.2, 0.25) is 0 Å². The number of nitrogens with one attached hydrogen (secondary N) is 1. The van der Waals surface area contributed by atoms with Gasteiger partial charge < -0.3 is 15.0 Å². The van der Waals surface area contributed by atoms with Gasteiger partial charge in [-0.15, -0.1) is 11.3 Å². The molecule has 2 aromatic rings. The van der Waals surface area contributed by atoms with E-state index in [1.807, 2.05) is 42.6 Å². The van der Waals surface area contributed by atoms with Crippen molar-refractivity contribution < 1.29 is 14.3 Å². The monoisotopic (exact) mass is 372 g/mol. The maximum absolute atomic E-state index is 13.1. The Kier molecular flexibility index (Phi) is 6.06. The molecule has 0 bridgehead atoms. The van der Waals surface area contributed by atoms with Gasteiger partial charge in [-0.1, -0.05) is 24.3 Å². The number of thiophene rings is 1. The van der Waals surface area contributed by atoms with Gasteiger partial charge in [-0.3, -0.25) is 9.59 Å². The molecule has 0 aliphatic carbocycles. The minimum absolute atomic E-state index is 0.0422. The van der Waals surface area contributed by atoms with Crippen molar-refractivity contribution in [3.05, 3.63) is 57.8 Å². The summed E-state index contributed by atoms with van der Waals surface area (Å²) >= 11 is 1.57. The number of fused-ring (bicyclic) bond motifs is 1. The van der Waals surface area contributed by atoms with E-state index in [2.05, 4.69) is 5.32 Å². The van der Waals surface area contributed by atoms with Crippen LogP contribution in [0.4, 0.5) is 0 Å². The predicted molar refractivity (Wildman–Crippen MR) is 102 cm³/mol. The molecule has 0 unspecified atom stereocenters. The zero-order valence-corrected chi connectivity index (χ0v) is 15.9. The molecule has 1 aromatic heterocycles. The minimum atomic E-state index is -0.417. The molecule has 2 heterocycles. The second-order valence-electron chi connectivity index (χ2n) is 6.28. The van der Waals surface area contributed by atoms with E-state index < -0.39 is 5.92 Å². The van der Waals surface area contributed by atoms with Crippen LogP contribution in [0.15, 0.2) is 41.8 Å². The molecule has 26 heavy (non-hydrogen) atoms. The van der Waals surface area contributed by atoms with Crippen molar-refractivity contribution in [3.8, 4) is 0 Å². The summed E-state index contributed by atoms with van der Waals surface area (Å²) in [6.45, 7) is 3.82. The summed E-state index contributed by atoms with van der Waals surface area (Å²) in [6, 6.07) is 11.1. The Bertz CT molecular complexity index is 760. The van der Waals surface area contributed by atoms with Crippen molar-refractivity contribution in [3.63, 3.8) is 0 Å². The quantitative estimate of drug-likeness (QED) is 0.760. The molecule has 1 aromatic carbocycles. The van der Waals surface area contributed by atoms with E-state index in [4.69, 9.17) is 4.74 Å². The van der Waals surface area contributed by atoms with E-state index in [0.717, 1.165) is 16.9 Å². The van der Waals surface area contributed by atoms with Crippen LogP contribution >= 0.6 is 11.3 Å². The Labute approximate surface area is 158 Å². The fourth-order valence-electron chi connectivity index (χ4n) is 3.41. The second kappa shape index (κ2) is 8.47. The summed E-state index contributed by atoms with van der Waals surface area (Å²) in [7, 11) is 1.78. The van der Waals surface area contributed by atoms with Crippen molar-refractivity contribution >= 4 is 23.2 Å². The van der Waals surface area contributed by atoms with Gasteiger partial charge in [0.25, 0.3) is 5.91 Å². The van der Waals surface area contributed by atoms with Gasteiger partial charge in [0.2, 0.25) is 5.91 Å². The number of nitrogens with zero attached hydrogens (tertiary/aromatic N) is 1. The first-order valence-corrected chi connectivity index (χ1v) is 9.78. The van der Waals surface area contributed by atoms with Crippen LogP contribution in [0.3, 0.4) is 0 Å². The lowest BCUT2D eigenvalue weighted by Gasteiger charge is -2.39. The number of ether oxygens (including phenoxy) is 1. The van der Waals surface area contributed by atoms with Crippen molar-refractivity contribution in [1.29, 1.82) is 0 Å². The van der Waals surface area contributed by atoms with Crippen LogP contribution in [0, 0.1) is 0 Å². The zero-order valence-electron chi connectivity index (χ0n) is 15.1. The van der Waals surface area contributed by atoms with Gasteiger partial charge in [-0.05, 0) is 36.4 Å². The Hall–Kier alpha value is -2.18. The molecule has 2 amide bonds.